The Hall–Kier alpha value is -1.32. The van der Waals surface area contributed by atoms with E-state index in [2.05, 4.69) is 49.7 Å². The average molecular weight is 289 g/mol. The fourth-order valence-electron chi connectivity index (χ4n) is 2.41. The second-order valence-electron chi connectivity index (χ2n) is 5.03. The molecule has 0 aliphatic rings. The smallest absolute Gasteiger partial charge is 0.134 e. The summed E-state index contributed by atoms with van der Waals surface area (Å²) in [5, 5.41) is 5.76. The van der Waals surface area contributed by atoms with E-state index in [0.29, 0.717) is 0 Å². The van der Waals surface area contributed by atoms with Gasteiger partial charge in [-0.1, -0.05) is 25.1 Å². The Morgan fingerprint density at radius 3 is 2.75 bits per heavy atom. The van der Waals surface area contributed by atoms with Crippen LogP contribution in [0.1, 0.15) is 41.0 Å². The van der Waals surface area contributed by atoms with Crippen LogP contribution in [0.2, 0.25) is 0 Å². The molecule has 0 saturated heterocycles. The first kappa shape index (κ1) is 15.1. The molecule has 0 amide bonds. The fraction of sp³-hybridized carbons (Fsp3) is 0.412. The van der Waals surface area contributed by atoms with Gasteiger partial charge in [0.25, 0.3) is 0 Å². The van der Waals surface area contributed by atoms with Gasteiger partial charge >= 0.3 is 0 Å². The number of benzene rings is 1. The Bertz CT molecular complexity index is 562. The van der Waals surface area contributed by atoms with Gasteiger partial charge in [-0.25, -0.2) is 0 Å². The molecule has 0 aliphatic carbocycles. The Morgan fingerprint density at radius 2 is 2.05 bits per heavy atom. The van der Waals surface area contributed by atoms with E-state index in [1.807, 2.05) is 6.07 Å². The maximum absolute atomic E-state index is 5.51. The summed E-state index contributed by atoms with van der Waals surface area (Å²) in [6, 6.07) is 8.78. The summed E-state index contributed by atoms with van der Waals surface area (Å²) in [4.78, 5) is 1.26. The highest BCUT2D eigenvalue weighted by Gasteiger charge is 2.21. The van der Waals surface area contributed by atoms with Gasteiger partial charge in [0.2, 0.25) is 0 Å². The minimum atomic E-state index is 0.213. The lowest BCUT2D eigenvalue weighted by Crippen LogP contribution is -2.23. The van der Waals surface area contributed by atoms with Crippen molar-refractivity contribution >= 4 is 11.3 Å². The van der Waals surface area contributed by atoms with Crippen LogP contribution in [0.5, 0.6) is 5.75 Å². The van der Waals surface area contributed by atoms with Crippen molar-refractivity contribution in [3.63, 3.8) is 0 Å². The minimum absolute atomic E-state index is 0.213. The quantitative estimate of drug-likeness (QED) is 0.847. The van der Waals surface area contributed by atoms with Crippen molar-refractivity contribution in [2.24, 2.45) is 0 Å². The number of hydrogen-bond donors (Lipinski definition) is 1. The lowest BCUT2D eigenvalue weighted by atomic mass is 9.96. The maximum Gasteiger partial charge on any atom is 0.134 e. The first-order valence-corrected chi connectivity index (χ1v) is 7.97. The Kier molecular flexibility index (Phi) is 5.21. The summed E-state index contributed by atoms with van der Waals surface area (Å²) in [5.74, 6) is 0.976. The zero-order valence-corrected chi connectivity index (χ0v) is 13.5. The van der Waals surface area contributed by atoms with Crippen molar-refractivity contribution < 1.29 is 4.74 Å². The maximum atomic E-state index is 5.51. The summed E-state index contributed by atoms with van der Waals surface area (Å²) in [5.41, 5.74) is 4.04. The molecule has 2 nitrogen and oxygen atoms in total. The van der Waals surface area contributed by atoms with Gasteiger partial charge in [-0.05, 0) is 54.9 Å². The van der Waals surface area contributed by atoms with Gasteiger partial charge in [-0.15, -0.1) is 11.3 Å². The van der Waals surface area contributed by atoms with E-state index in [1.165, 1.54) is 21.6 Å². The second kappa shape index (κ2) is 6.91. The van der Waals surface area contributed by atoms with E-state index in [9.17, 15) is 0 Å². The highest BCUT2D eigenvalue weighted by Crippen LogP contribution is 2.36. The van der Waals surface area contributed by atoms with E-state index in [-0.39, 0.29) is 6.04 Å². The van der Waals surface area contributed by atoms with Gasteiger partial charge < -0.3 is 10.1 Å². The highest BCUT2D eigenvalue weighted by molar-refractivity contribution is 7.10. The fourth-order valence-corrected chi connectivity index (χ4v) is 3.36. The molecule has 1 heterocycles. The van der Waals surface area contributed by atoms with E-state index in [0.717, 1.165) is 18.7 Å². The molecule has 1 atom stereocenters. The van der Waals surface area contributed by atoms with Crippen LogP contribution >= 0.6 is 11.3 Å². The number of nitrogens with one attached hydrogen (secondary N) is 1. The molecule has 1 aromatic heterocycles. The van der Waals surface area contributed by atoms with Crippen molar-refractivity contribution in [3.8, 4) is 5.75 Å². The summed E-state index contributed by atoms with van der Waals surface area (Å²) in [6.45, 7) is 7.56. The van der Waals surface area contributed by atoms with Crippen molar-refractivity contribution in [3.05, 3.63) is 51.2 Å². The van der Waals surface area contributed by atoms with E-state index in [4.69, 9.17) is 4.74 Å². The average Bonchev–Trinajstić information content (AvgIpc) is 2.92. The lowest BCUT2D eigenvalue weighted by molar-refractivity contribution is 0.407. The number of rotatable bonds is 6. The van der Waals surface area contributed by atoms with Crippen molar-refractivity contribution in [1.29, 1.82) is 0 Å². The topological polar surface area (TPSA) is 21.3 Å². The molecule has 1 unspecified atom stereocenters. The summed E-state index contributed by atoms with van der Waals surface area (Å²) < 4.78 is 5.51. The van der Waals surface area contributed by atoms with Crippen LogP contribution in [0.4, 0.5) is 0 Å². The van der Waals surface area contributed by atoms with Crippen LogP contribution in [0.3, 0.4) is 0 Å². The van der Waals surface area contributed by atoms with Crippen LogP contribution in [-0.2, 0) is 0 Å². The van der Waals surface area contributed by atoms with Gasteiger partial charge in [0.1, 0.15) is 5.75 Å². The molecule has 0 fully saturated rings. The Balaban J connectivity index is 2.44. The Labute approximate surface area is 125 Å². The number of methoxy groups -OCH3 is 1. The molecule has 2 rings (SSSR count). The summed E-state index contributed by atoms with van der Waals surface area (Å²) in [6.07, 6.45) is 1.12. The highest BCUT2D eigenvalue weighted by atomic mass is 32.1. The predicted molar refractivity (Wildman–Crippen MR) is 86.9 cm³/mol. The van der Waals surface area contributed by atoms with Gasteiger partial charge in [-0.2, -0.15) is 0 Å². The molecule has 20 heavy (non-hydrogen) atoms. The molecular weight excluding hydrogens is 266 g/mol. The lowest BCUT2D eigenvalue weighted by Gasteiger charge is -2.22. The van der Waals surface area contributed by atoms with Crippen molar-refractivity contribution in [1.82, 2.24) is 5.32 Å². The van der Waals surface area contributed by atoms with Crippen LogP contribution in [0, 0.1) is 13.8 Å². The van der Waals surface area contributed by atoms with Gasteiger partial charge in [0.15, 0.2) is 0 Å². The van der Waals surface area contributed by atoms with Crippen molar-refractivity contribution in [2.45, 2.75) is 33.2 Å². The number of hydrogen-bond acceptors (Lipinski definition) is 3. The largest absolute Gasteiger partial charge is 0.496 e. The molecule has 1 aromatic carbocycles. The molecule has 3 heteroatoms. The third-order valence-electron chi connectivity index (χ3n) is 3.70. The van der Waals surface area contributed by atoms with Crippen molar-refractivity contribution in [2.75, 3.05) is 13.7 Å². The van der Waals surface area contributed by atoms with E-state index in [1.54, 1.807) is 18.4 Å². The molecular formula is C17H23NOS. The SMILES string of the molecule is CCCNC(c1cccc(C)c1C)c1sccc1OC. The normalized spacial score (nSPS) is 12.4. The predicted octanol–water partition coefficient (Wildman–Crippen LogP) is 4.46. The summed E-state index contributed by atoms with van der Waals surface area (Å²) in [7, 11) is 1.74. The summed E-state index contributed by atoms with van der Waals surface area (Å²) >= 11 is 1.75. The third kappa shape index (κ3) is 3.05. The second-order valence-corrected chi connectivity index (χ2v) is 5.98. The first-order valence-electron chi connectivity index (χ1n) is 7.09. The zero-order chi connectivity index (χ0) is 14.5. The molecule has 0 aliphatic heterocycles. The molecule has 0 radical (unpaired) electrons. The molecule has 108 valence electrons. The van der Waals surface area contributed by atoms with Crippen LogP contribution < -0.4 is 10.1 Å². The number of aryl methyl sites for hydroxylation is 1. The molecule has 1 N–H and O–H groups in total. The molecule has 0 bridgehead atoms. The van der Waals surface area contributed by atoms with Gasteiger partial charge in [0, 0.05) is 0 Å². The molecule has 2 aromatic rings. The van der Waals surface area contributed by atoms with Gasteiger partial charge in [-0.3, -0.25) is 0 Å². The standard InChI is InChI=1S/C17H23NOS/c1-5-10-18-16(17-15(19-4)9-11-20-17)14-8-6-7-12(2)13(14)3/h6-9,11,16,18H,5,10H2,1-4H3. The Morgan fingerprint density at radius 1 is 1.25 bits per heavy atom. The molecule has 0 saturated carbocycles. The third-order valence-corrected chi connectivity index (χ3v) is 4.66. The monoisotopic (exact) mass is 289 g/mol. The molecule has 0 spiro atoms. The van der Waals surface area contributed by atoms with E-state index >= 15 is 0 Å². The van der Waals surface area contributed by atoms with Crippen LogP contribution in [-0.4, -0.2) is 13.7 Å². The first-order chi connectivity index (χ1) is 9.69. The van der Waals surface area contributed by atoms with Crippen LogP contribution in [0.15, 0.2) is 29.6 Å². The van der Waals surface area contributed by atoms with Crippen LogP contribution in [0.25, 0.3) is 0 Å². The van der Waals surface area contributed by atoms with E-state index < -0.39 is 0 Å². The number of ether oxygens (including phenoxy) is 1. The zero-order valence-electron chi connectivity index (χ0n) is 12.7. The van der Waals surface area contributed by atoms with Gasteiger partial charge in [0.05, 0.1) is 18.0 Å². The number of thiophene rings is 1. The minimum Gasteiger partial charge on any atom is -0.496 e.